The largest absolute Gasteiger partial charge is 0.323 e. The lowest BCUT2D eigenvalue weighted by atomic mass is 10.00. The van der Waals surface area contributed by atoms with E-state index in [0.29, 0.717) is 5.82 Å². The van der Waals surface area contributed by atoms with Crippen LogP contribution in [0, 0.1) is 0 Å². The van der Waals surface area contributed by atoms with Crippen LogP contribution in [0.3, 0.4) is 0 Å². The van der Waals surface area contributed by atoms with Crippen LogP contribution < -0.4 is 5.32 Å². The summed E-state index contributed by atoms with van der Waals surface area (Å²) in [6, 6.07) is 5.37. The minimum atomic E-state index is -0.138. The Labute approximate surface area is 123 Å². The molecule has 21 heavy (non-hydrogen) atoms. The molecule has 1 N–H and O–H groups in total. The van der Waals surface area contributed by atoms with Crippen LogP contribution in [0.15, 0.2) is 30.6 Å². The van der Waals surface area contributed by atoms with Crippen molar-refractivity contribution in [1.29, 1.82) is 0 Å². The van der Waals surface area contributed by atoms with Crippen LogP contribution in [0.2, 0.25) is 0 Å². The number of nitrogens with zero attached hydrogens (tertiary/aromatic N) is 5. The summed E-state index contributed by atoms with van der Waals surface area (Å²) in [6.45, 7) is 0.738. The molecule has 0 unspecified atom stereocenters. The Morgan fingerprint density at radius 3 is 2.95 bits per heavy atom. The summed E-state index contributed by atoms with van der Waals surface area (Å²) in [5.74, 6) is 0.469. The van der Waals surface area contributed by atoms with E-state index >= 15 is 0 Å². The van der Waals surface area contributed by atoms with Gasteiger partial charge in [0.05, 0.1) is 11.7 Å². The highest BCUT2D eigenvalue weighted by molar-refractivity contribution is 5.88. The summed E-state index contributed by atoms with van der Waals surface area (Å²) in [5.41, 5.74) is 1.06. The van der Waals surface area contributed by atoms with Crippen LogP contribution in [0.5, 0.6) is 0 Å². The molecule has 0 spiro atoms. The van der Waals surface area contributed by atoms with Crippen LogP contribution in [-0.4, -0.2) is 37.5 Å². The van der Waals surface area contributed by atoms with Crippen LogP contribution >= 0.6 is 0 Å². The average Bonchev–Trinajstić information content (AvgIpc) is 2.94. The molecule has 0 aliphatic carbocycles. The standard InChI is InChI=1S/C14H18N6O/c1-19-11(7-9-16-19)12-5-2-3-10-20(12)14(21)17-13-6-4-8-15-18-13/h4,6-9,12H,2-3,5,10H2,1H3,(H,17,18,21)/t12-/m0/s1. The van der Waals surface area contributed by atoms with Crippen LogP contribution in [0.1, 0.15) is 31.0 Å². The predicted molar refractivity (Wildman–Crippen MR) is 77.6 cm³/mol. The zero-order chi connectivity index (χ0) is 14.7. The second-order valence-corrected chi connectivity index (χ2v) is 5.12. The maximum absolute atomic E-state index is 12.5. The Kier molecular flexibility index (Phi) is 3.81. The van der Waals surface area contributed by atoms with Crippen molar-refractivity contribution in [3.05, 3.63) is 36.3 Å². The first-order valence-electron chi connectivity index (χ1n) is 7.09. The number of rotatable bonds is 2. The molecule has 2 amide bonds. The van der Waals surface area contributed by atoms with Gasteiger partial charge in [0.25, 0.3) is 0 Å². The van der Waals surface area contributed by atoms with Gasteiger partial charge >= 0.3 is 6.03 Å². The molecule has 3 heterocycles. The van der Waals surface area contributed by atoms with E-state index in [1.807, 2.05) is 22.7 Å². The summed E-state index contributed by atoms with van der Waals surface area (Å²) in [6.07, 6.45) is 6.43. The lowest BCUT2D eigenvalue weighted by Crippen LogP contribution is -2.42. The average molecular weight is 286 g/mol. The van der Waals surface area contributed by atoms with E-state index in [4.69, 9.17) is 0 Å². The number of anilines is 1. The molecule has 1 atom stereocenters. The minimum absolute atomic E-state index is 0.0583. The maximum Gasteiger partial charge on any atom is 0.323 e. The second-order valence-electron chi connectivity index (χ2n) is 5.12. The topological polar surface area (TPSA) is 75.9 Å². The van der Waals surface area contributed by atoms with Crippen LogP contribution in [-0.2, 0) is 7.05 Å². The van der Waals surface area contributed by atoms with Gasteiger partial charge < -0.3 is 4.90 Å². The zero-order valence-corrected chi connectivity index (χ0v) is 11.9. The highest BCUT2D eigenvalue weighted by atomic mass is 16.2. The Hall–Kier alpha value is -2.44. The van der Waals surface area contributed by atoms with Crippen molar-refractivity contribution in [2.24, 2.45) is 7.05 Å². The molecule has 1 saturated heterocycles. The van der Waals surface area contributed by atoms with Gasteiger partial charge in [-0.05, 0) is 37.5 Å². The van der Waals surface area contributed by atoms with Crippen molar-refractivity contribution in [3.8, 4) is 0 Å². The quantitative estimate of drug-likeness (QED) is 0.915. The molecule has 0 bridgehead atoms. The number of hydrogen-bond donors (Lipinski definition) is 1. The number of urea groups is 1. The third-order valence-corrected chi connectivity index (χ3v) is 3.77. The fourth-order valence-electron chi connectivity index (χ4n) is 2.74. The smallest absolute Gasteiger partial charge is 0.316 e. The van der Waals surface area contributed by atoms with E-state index in [2.05, 4.69) is 20.6 Å². The predicted octanol–water partition coefficient (Wildman–Crippen LogP) is 1.97. The molecule has 2 aromatic rings. The van der Waals surface area contributed by atoms with Gasteiger partial charge in [0.1, 0.15) is 0 Å². The summed E-state index contributed by atoms with van der Waals surface area (Å²) in [4.78, 5) is 14.4. The molecule has 1 fully saturated rings. The lowest BCUT2D eigenvalue weighted by Gasteiger charge is -2.35. The van der Waals surface area contributed by atoms with Crippen molar-refractivity contribution in [2.45, 2.75) is 25.3 Å². The SMILES string of the molecule is Cn1nccc1[C@@H]1CCCCN1C(=O)Nc1cccnn1. The number of nitrogens with one attached hydrogen (secondary N) is 1. The maximum atomic E-state index is 12.5. The van der Waals surface area contributed by atoms with Gasteiger partial charge in [0, 0.05) is 26.0 Å². The number of carbonyl (C=O) groups excluding carboxylic acids is 1. The van der Waals surface area contributed by atoms with E-state index in [0.717, 1.165) is 31.5 Å². The number of carbonyl (C=O) groups is 1. The highest BCUT2D eigenvalue weighted by Gasteiger charge is 2.29. The first-order chi connectivity index (χ1) is 10.3. The van der Waals surface area contributed by atoms with E-state index < -0.39 is 0 Å². The first kappa shape index (κ1) is 13.5. The van der Waals surface area contributed by atoms with Crippen molar-refractivity contribution in [2.75, 3.05) is 11.9 Å². The summed E-state index contributed by atoms with van der Waals surface area (Å²) >= 11 is 0. The van der Waals surface area contributed by atoms with Gasteiger partial charge in [-0.1, -0.05) is 0 Å². The van der Waals surface area contributed by atoms with Crippen molar-refractivity contribution in [1.82, 2.24) is 24.9 Å². The normalized spacial score (nSPS) is 18.5. The highest BCUT2D eigenvalue weighted by Crippen LogP contribution is 2.30. The van der Waals surface area contributed by atoms with Gasteiger partial charge in [0.15, 0.2) is 5.82 Å². The van der Waals surface area contributed by atoms with Crippen molar-refractivity contribution in [3.63, 3.8) is 0 Å². The van der Waals surface area contributed by atoms with E-state index in [-0.39, 0.29) is 12.1 Å². The molecule has 1 aliphatic rings. The molecule has 3 rings (SSSR count). The first-order valence-corrected chi connectivity index (χ1v) is 7.09. The van der Waals surface area contributed by atoms with E-state index in [1.54, 1.807) is 24.5 Å². The van der Waals surface area contributed by atoms with Crippen LogP contribution in [0.4, 0.5) is 10.6 Å². The van der Waals surface area contributed by atoms with Gasteiger partial charge in [-0.2, -0.15) is 10.2 Å². The Morgan fingerprint density at radius 1 is 1.33 bits per heavy atom. The zero-order valence-electron chi connectivity index (χ0n) is 11.9. The van der Waals surface area contributed by atoms with Crippen LogP contribution in [0.25, 0.3) is 0 Å². The molecule has 0 saturated carbocycles. The fraction of sp³-hybridized carbons (Fsp3) is 0.429. The third kappa shape index (κ3) is 2.86. The lowest BCUT2D eigenvalue weighted by molar-refractivity contribution is 0.159. The number of hydrogen-bond acceptors (Lipinski definition) is 4. The van der Waals surface area contributed by atoms with Gasteiger partial charge in [-0.3, -0.25) is 10.00 Å². The summed E-state index contributed by atoms with van der Waals surface area (Å²) in [7, 11) is 1.91. The number of piperidine rings is 1. The molecule has 7 heteroatoms. The molecular formula is C14H18N6O. The molecule has 0 radical (unpaired) electrons. The fourth-order valence-corrected chi connectivity index (χ4v) is 2.74. The Bertz CT molecular complexity index is 611. The third-order valence-electron chi connectivity index (χ3n) is 3.77. The van der Waals surface area contributed by atoms with Gasteiger partial charge in [-0.15, -0.1) is 5.10 Å². The number of aromatic nitrogens is 4. The Morgan fingerprint density at radius 2 is 2.24 bits per heavy atom. The van der Waals surface area contributed by atoms with Crippen molar-refractivity contribution >= 4 is 11.8 Å². The van der Waals surface area contributed by atoms with Gasteiger partial charge in [0.2, 0.25) is 0 Å². The van der Waals surface area contributed by atoms with Gasteiger partial charge in [-0.25, -0.2) is 4.79 Å². The molecule has 2 aromatic heterocycles. The number of amides is 2. The molecule has 1 aliphatic heterocycles. The molecular weight excluding hydrogens is 268 g/mol. The summed E-state index contributed by atoms with van der Waals surface area (Å²) < 4.78 is 1.83. The molecule has 0 aromatic carbocycles. The summed E-state index contributed by atoms with van der Waals surface area (Å²) in [5, 5.41) is 14.7. The van der Waals surface area contributed by atoms with E-state index in [9.17, 15) is 4.79 Å². The van der Waals surface area contributed by atoms with Crippen molar-refractivity contribution < 1.29 is 4.79 Å². The Balaban J connectivity index is 1.78. The molecule has 7 nitrogen and oxygen atoms in total. The second kappa shape index (κ2) is 5.90. The monoisotopic (exact) mass is 286 g/mol. The minimum Gasteiger partial charge on any atom is -0.316 e. The molecule has 110 valence electrons. The van der Waals surface area contributed by atoms with E-state index in [1.165, 1.54) is 0 Å². The number of likely N-dealkylation sites (tertiary alicyclic amines) is 1. The number of aryl methyl sites for hydroxylation is 1.